The maximum atomic E-state index is 11.9. The highest BCUT2D eigenvalue weighted by Crippen LogP contribution is 2.23. The van der Waals surface area contributed by atoms with E-state index in [4.69, 9.17) is 13.9 Å². The number of carbonyl (C=O) groups is 1. The van der Waals surface area contributed by atoms with Crippen LogP contribution in [0.2, 0.25) is 0 Å². The third-order valence-corrected chi connectivity index (χ3v) is 4.03. The van der Waals surface area contributed by atoms with Crippen molar-refractivity contribution >= 4 is 17.3 Å². The van der Waals surface area contributed by atoms with E-state index in [1.807, 2.05) is 41.8 Å². The predicted molar refractivity (Wildman–Crippen MR) is 86.3 cm³/mol. The molecule has 23 heavy (non-hydrogen) atoms. The molecule has 0 aliphatic carbocycles. The van der Waals surface area contributed by atoms with Crippen LogP contribution in [0.25, 0.3) is 10.8 Å². The molecule has 0 amide bonds. The van der Waals surface area contributed by atoms with E-state index in [1.165, 1.54) is 6.26 Å². The third-order valence-electron chi connectivity index (χ3n) is 3.17. The Morgan fingerprint density at radius 1 is 1.26 bits per heavy atom. The molecule has 6 heteroatoms. The summed E-state index contributed by atoms with van der Waals surface area (Å²) in [6.07, 6.45) is 1.72. The maximum Gasteiger partial charge on any atom is 0.310 e. The second kappa shape index (κ2) is 7.11. The van der Waals surface area contributed by atoms with Crippen molar-refractivity contribution in [2.75, 3.05) is 7.11 Å². The lowest BCUT2D eigenvalue weighted by Gasteiger charge is -2.04. The second-order valence-electron chi connectivity index (χ2n) is 4.81. The fourth-order valence-electron chi connectivity index (χ4n) is 2.00. The summed E-state index contributed by atoms with van der Waals surface area (Å²) in [7, 11) is 1.60. The van der Waals surface area contributed by atoms with Gasteiger partial charge >= 0.3 is 5.97 Å². The fraction of sp³-hybridized carbons (Fsp3) is 0.176. The van der Waals surface area contributed by atoms with Gasteiger partial charge in [0.15, 0.2) is 0 Å². The molecule has 0 saturated carbocycles. The normalized spacial score (nSPS) is 10.5. The SMILES string of the molecule is COc1ccc(CC(=O)OCc2coc(-c3cccs3)n2)cc1. The van der Waals surface area contributed by atoms with Gasteiger partial charge in [0.2, 0.25) is 5.89 Å². The van der Waals surface area contributed by atoms with E-state index in [1.54, 1.807) is 18.4 Å². The molecule has 2 aromatic heterocycles. The summed E-state index contributed by atoms with van der Waals surface area (Å²) in [5.74, 6) is 0.989. The summed E-state index contributed by atoms with van der Waals surface area (Å²) < 4.78 is 15.7. The molecular formula is C17H15NO4S. The minimum absolute atomic E-state index is 0.101. The quantitative estimate of drug-likeness (QED) is 0.645. The van der Waals surface area contributed by atoms with Crippen LogP contribution in [0.3, 0.4) is 0 Å². The van der Waals surface area contributed by atoms with E-state index in [-0.39, 0.29) is 19.0 Å². The van der Waals surface area contributed by atoms with Crippen molar-refractivity contribution in [2.24, 2.45) is 0 Å². The highest BCUT2D eigenvalue weighted by Gasteiger charge is 2.10. The topological polar surface area (TPSA) is 61.6 Å². The minimum Gasteiger partial charge on any atom is -0.497 e. The first kappa shape index (κ1) is 15.3. The van der Waals surface area contributed by atoms with Gasteiger partial charge in [-0.2, -0.15) is 0 Å². The molecule has 0 unspecified atom stereocenters. The lowest BCUT2D eigenvalue weighted by molar-refractivity contribution is -0.144. The number of rotatable bonds is 6. The first-order valence-corrected chi connectivity index (χ1v) is 7.89. The van der Waals surface area contributed by atoms with E-state index in [0.717, 1.165) is 16.2 Å². The summed E-state index contributed by atoms with van der Waals surface area (Å²) in [6, 6.07) is 11.2. The fourth-order valence-corrected chi connectivity index (χ4v) is 2.66. The van der Waals surface area contributed by atoms with Gasteiger partial charge in [0.05, 0.1) is 18.4 Å². The monoisotopic (exact) mass is 329 g/mol. The van der Waals surface area contributed by atoms with Gasteiger partial charge in [0.1, 0.15) is 24.3 Å². The molecule has 0 bridgehead atoms. The standard InChI is InChI=1S/C17H15NO4S/c1-20-14-6-4-12(5-7-14)9-16(19)21-10-13-11-22-17(18-13)15-3-2-8-23-15/h2-8,11H,9-10H2,1H3. The van der Waals surface area contributed by atoms with E-state index in [9.17, 15) is 4.79 Å². The largest absolute Gasteiger partial charge is 0.497 e. The van der Waals surface area contributed by atoms with Gasteiger partial charge in [-0.1, -0.05) is 18.2 Å². The van der Waals surface area contributed by atoms with Crippen molar-refractivity contribution in [3.05, 3.63) is 59.3 Å². The molecule has 2 heterocycles. The molecule has 118 valence electrons. The molecule has 0 aliphatic heterocycles. The molecular weight excluding hydrogens is 314 g/mol. The lowest BCUT2D eigenvalue weighted by Crippen LogP contribution is -2.08. The van der Waals surface area contributed by atoms with Crippen LogP contribution in [0.5, 0.6) is 5.75 Å². The van der Waals surface area contributed by atoms with Gasteiger partial charge in [-0.25, -0.2) is 4.98 Å². The zero-order valence-corrected chi connectivity index (χ0v) is 13.3. The Balaban J connectivity index is 1.52. The number of thiophene rings is 1. The molecule has 0 spiro atoms. The second-order valence-corrected chi connectivity index (χ2v) is 5.75. The zero-order valence-electron chi connectivity index (χ0n) is 12.5. The Bertz CT molecular complexity index is 762. The van der Waals surface area contributed by atoms with Gasteiger partial charge in [0.25, 0.3) is 0 Å². The first-order chi connectivity index (χ1) is 11.2. The Labute approximate surface area is 137 Å². The highest BCUT2D eigenvalue weighted by molar-refractivity contribution is 7.13. The summed E-state index contributed by atoms with van der Waals surface area (Å²) in [5, 5.41) is 1.95. The average molecular weight is 329 g/mol. The van der Waals surface area contributed by atoms with Crippen LogP contribution in [-0.2, 0) is 22.6 Å². The van der Waals surface area contributed by atoms with Crippen molar-refractivity contribution in [1.82, 2.24) is 4.98 Å². The van der Waals surface area contributed by atoms with Crippen LogP contribution in [0, 0.1) is 0 Å². The maximum absolute atomic E-state index is 11.9. The number of nitrogens with zero attached hydrogens (tertiary/aromatic N) is 1. The number of aromatic nitrogens is 1. The smallest absolute Gasteiger partial charge is 0.310 e. The van der Waals surface area contributed by atoms with Gasteiger partial charge in [-0.3, -0.25) is 4.79 Å². The lowest BCUT2D eigenvalue weighted by atomic mass is 10.1. The number of methoxy groups -OCH3 is 1. The molecule has 1 aromatic carbocycles. The number of hydrogen-bond acceptors (Lipinski definition) is 6. The average Bonchev–Trinajstić information content (AvgIpc) is 3.25. The Morgan fingerprint density at radius 3 is 2.78 bits per heavy atom. The minimum atomic E-state index is -0.309. The van der Waals surface area contributed by atoms with Crippen LogP contribution in [-0.4, -0.2) is 18.1 Å². The third kappa shape index (κ3) is 3.98. The number of esters is 1. The van der Waals surface area contributed by atoms with Crippen molar-refractivity contribution in [3.8, 4) is 16.5 Å². The molecule has 0 saturated heterocycles. The van der Waals surface area contributed by atoms with E-state index >= 15 is 0 Å². The van der Waals surface area contributed by atoms with Crippen molar-refractivity contribution < 1.29 is 18.7 Å². The molecule has 0 aliphatic rings. The molecule has 0 N–H and O–H groups in total. The number of ether oxygens (including phenoxy) is 2. The Morgan fingerprint density at radius 2 is 2.09 bits per heavy atom. The van der Waals surface area contributed by atoms with Gasteiger partial charge in [-0.05, 0) is 29.1 Å². The van der Waals surface area contributed by atoms with Crippen LogP contribution in [0.1, 0.15) is 11.3 Å². The van der Waals surface area contributed by atoms with Gasteiger partial charge < -0.3 is 13.9 Å². The summed E-state index contributed by atoms with van der Waals surface area (Å²) in [4.78, 5) is 17.1. The Kier molecular flexibility index (Phi) is 4.73. The molecule has 3 aromatic rings. The molecule has 0 atom stereocenters. The van der Waals surface area contributed by atoms with Gasteiger partial charge in [0, 0.05) is 0 Å². The summed E-state index contributed by atoms with van der Waals surface area (Å²) >= 11 is 1.54. The number of benzene rings is 1. The molecule has 5 nitrogen and oxygen atoms in total. The molecule has 3 rings (SSSR count). The first-order valence-electron chi connectivity index (χ1n) is 7.01. The highest BCUT2D eigenvalue weighted by atomic mass is 32.1. The van der Waals surface area contributed by atoms with Crippen LogP contribution >= 0.6 is 11.3 Å². The number of oxazole rings is 1. The zero-order chi connectivity index (χ0) is 16.1. The Hall–Kier alpha value is -2.60. The van der Waals surface area contributed by atoms with E-state index in [2.05, 4.69) is 4.98 Å². The molecule has 0 fully saturated rings. The van der Waals surface area contributed by atoms with Crippen LogP contribution in [0.4, 0.5) is 0 Å². The molecule has 0 radical (unpaired) electrons. The van der Waals surface area contributed by atoms with Crippen molar-refractivity contribution in [3.63, 3.8) is 0 Å². The van der Waals surface area contributed by atoms with Crippen LogP contribution in [0.15, 0.2) is 52.5 Å². The van der Waals surface area contributed by atoms with E-state index < -0.39 is 0 Å². The number of hydrogen-bond donors (Lipinski definition) is 0. The predicted octanol–water partition coefficient (Wildman–Crippen LogP) is 3.70. The van der Waals surface area contributed by atoms with E-state index in [0.29, 0.717) is 11.6 Å². The van der Waals surface area contributed by atoms with Crippen LogP contribution < -0.4 is 4.74 Å². The number of carbonyl (C=O) groups excluding carboxylic acids is 1. The van der Waals surface area contributed by atoms with Crippen molar-refractivity contribution in [2.45, 2.75) is 13.0 Å². The van der Waals surface area contributed by atoms with Gasteiger partial charge in [-0.15, -0.1) is 11.3 Å². The van der Waals surface area contributed by atoms with Crippen molar-refractivity contribution in [1.29, 1.82) is 0 Å². The summed E-state index contributed by atoms with van der Waals surface area (Å²) in [5.41, 5.74) is 1.46. The summed E-state index contributed by atoms with van der Waals surface area (Å²) in [6.45, 7) is 0.101.